The van der Waals surface area contributed by atoms with Gasteiger partial charge in [-0.25, -0.2) is 0 Å². The van der Waals surface area contributed by atoms with Crippen LogP contribution in [0.15, 0.2) is 48.7 Å². The molecule has 3 heterocycles. The van der Waals surface area contributed by atoms with Crippen LogP contribution in [0.25, 0.3) is 11.3 Å². The van der Waals surface area contributed by atoms with Gasteiger partial charge in [0.25, 0.3) is 5.91 Å². The van der Waals surface area contributed by atoms with E-state index in [0.717, 1.165) is 34.7 Å². The van der Waals surface area contributed by atoms with Crippen molar-refractivity contribution < 1.29 is 14.3 Å². The number of aromatic nitrogens is 3. The number of hydrogen-bond acceptors (Lipinski definition) is 5. The van der Waals surface area contributed by atoms with E-state index in [-0.39, 0.29) is 11.9 Å². The molecule has 4 rings (SSSR count). The van der Waals surface area contributed by atoms with Crippen LogP contribution in [0, 0.1) is 0 Å². The van der Waals surface area contributed by atoms with E-state index in [0.29, 0.717) is 25.5 Å². The van der Waals surface area contributed by atoms with Gasteiger partial charge in [-0.15, -0.1) is 0 Å². The first-order chi connectivity index (χ1) is 14.2. The fraction of sp³-hybridized carbons (Fsp3) is 0.318. The molecular formula is C22H24N4O3. The van der Waals surface area contributed by atoms with Crippen LogP contribution >= 0.6 is 0 Å². The van der Waals surface area contributed by atoms with Gasteiger partial charge in [0.15, 0.2) is 0 Å². The normalized spacial score (nSPS) is 15.6. The lowest BCUT2D eigenvalue weighted by Crippen LogP contribution is -2.31. The first-order valence-electron chi connectivity index (χ1n) is 9.77. The summed E-state index contributed by atoms with van der Waals surface area (Å²) in [5, 5.41) is 7.44. The summed E-state index contributed by atoms with van der Waals surface area (Å²) in [6.45, 7) is 3.75. The van der Waals surface area contributed by atoms with Crippen molar-refractivity contribution in [1.29, 1.82) is 0 Å². The number of methoxy groups -OCH3 is 1. The zero-order valence-electron chi connectivity index (χ0n) is 16.6. The topological polar surface area (TPSA) is 80.3 Å². The zero-order chi connectivity index (χ0) is 20.2. The summed E-state index contributed by atoms with van der Waals surface area (Å²) in [6.07, 6.45) is 2.50. The molecular weight excluding hydrogens is 368 g/mol. The Balaban J connectivity index is 1.75. The monoisotopic (exact) mass is 392 g/mol. The lowest BCUT2D eigenvalue weighted by atomic mass is 9.99. The highest BCUT2D eigenvalue weighted by Gasteiger charge is 2.42. The van der Waals surface area contributed by atoms with Crippen molar-refractivity contribution in [2.24, 2.45) is 0 Å². The van der Waals surface area contributed by atoms with Gasteiger partial charge in [-0.05, 0) is 49.7 Å². The van der Waals surface area contributed by atoms with E-state index in [1.165, 1.54) is 0 Å². The summed E-state index contributed by atoms with van der Waals surface area (Å²) in [4.78, 5) is 19.5. The van der Waals surface area contributed by atoms with Gasteiger partial charge in [-0.2, -0.15) is 5.10 Å². The van der Waals surface area contributed by atoms with Crippen molar-refractivity contribution in [1.82, 2.24) is 20.1 Å². The molecule has 1 amide bonds. The Kier molecular flexibility index (Phi) is 5.57. The number of ether oxygens (including phenoxy) is 2. The van der Waals surface area contributed by atoms with E-state index in [4.69, 9.17) is 9.47 Å². The lowest BCUT2D eigenvalue weighted by Gasteiger charge is -2.25. The second kappa shape index (κ2) is 8.45. The molecule has 0 saturated heterocycles. The minimum Gasteiger partial charge on any atom is -0.494 e. The van der Waals surface area contributed by atoms with Crippen LogP contribution in [0.1, 0.15) is 41.1 Å². The lowest BCUT2D eigenvalue weighted by molar-refractivity contribution is 0.0720. The van der Waals surface area contributed by atoms with Gasteiger partial charge in [-0.1, -0.05) is 6.07 Å². The van der Waals surface area contributed by atoms with Crippen LogP contribution < -0.4 is 4.74 Å². The van der Waals surface area contributed by atoms with E-state index in [1.54, 1.807) is 13.3 Å². The molecule has 1 aromatic carbocycles. The predicted molar refractivity (Wildman–Crippen MR) is 109 cm³/mol. The Morgan fingerprint density at radius 3 is 2.69 bits per heavy atom. The van der Waals surface area contributed by atoms with Gasteiger partial charge < -0.3 is 14.4 Å². The Labute approximate surface area is 169 Å². The van der Waals surface area contributed by atoms with E-state index in [1.807, 2.05) is 54.3 Å². The molecule has 7 nitrogen and oxygen atoms in total. The van der Waals surface area contributed by atoms with E-state index < -0.39 is 0 Å². The second-order valence-electron chi connectivity index (χ2n) is 6.82. The number of nitrogens with one attached hydrogen (secondary N) is 1. The van der Waals surface area contributed by atoms with Crippen LogP contribution in [0.3, 0.4) is 0 Å². The summed E-state index contributed by atoms with van der Waals surface area (Å²) in [5.41, 5.74) is 3.92. The smallest absolute Gasteiger partial charge is 0.273 e. The van der Waals surface area contributed by atoms with Crippen LogP contribution in [0.2, 0.25) is 0 Å². The van der Waals surface area contributed by atoms with Gasteiger partial charge in [0.05, 0.1) is 18.0 Å². The Morgan fingerprint density at radius 1 is 1.17 bits per heavy atom. The molecule has 0 aliphatic carbocycles. The van der Waals surface area contributed by atoms with Crippen LogP contribution in [-0.2, 0) is 4.74 Å². The highest BCUT2D eigenvalue weighted by Crippen LogP contribution is 2.42. The molecule has 29 heavy (non-hydrogen) atoms. The number of carbonyl (C=O) groups is 1. The molecule has 0 bridgehead atoms. The SMILES string of the molecule is CCOc1ccc(-c2n[nH]c3c2C(c2ccccn2)N(CCCOC)C3=O)cc1. The van der Waals surface area contributed by atoms with Crippen molar-refractivity contribution in [3.05, 3.63) is 65.6 Å². The Bertz CT molecular complexity index is 969. The molecule has 1 atom stereocenters. The van der Waals surface area contributed by atoms with E-state index in [9.17, 15) is 4.79 Å². The van der Waals surface area contributed by atoms with Crippen LogP contribution in [0.4, 0.5) is 0 Å². The molecule has 1 aliphatic rings. The minimum atomic E-state index is -0.282. The average molecular weight is 392 g/mol. The van der Waals surface area contributed by atoms with Gasteiger partial charge >= 0.3 is 0 Å². The summed E-state index contributed by atoms with van der Waals surface area (Å²) >= 11 is 0. The summed E-state index contributed by atoms with van der Waals surface area (Å²) in [7, 11) is 1.67. The number of H-pyrrole nitrogens is 1. The number of carbonyl (C=O) groups excluding carboxylic acids is 1. The van der Waals surface area contributed by atoms with Gasteiger partial charge in [0.1, 0.15) is 17.5 Å². The Hall–Kier alpha value is -3.19. The third kappa shape index (κ3) is 3.61. The maximum absolute atomic E-state index is 13.1. The molecule has 1 N–H and O–H groups in total. The van der Waals surface area contributed by atoms with Crippen molar-refractivity contribution >= 4 is 5.91 Å². The van der Waals surface area contributed by atoms with Gasteiger partial charge in [0, 0.05) is 37.6 Å². The number of aromatic amines is 1. The molecule has 0 radical (unpaired) electrons. The van der Waals surface area contributed by atoms with E-state index in [2.05, 4.69) is 15.2 Å². The molecule has 7 heteroatoms. The van der Waals surface area contributed by atoms with E-state index >= 15 is 0 Å². The molecule has 0 saturated carbocycles. The number of hydrogen-bond donors (Lipinski definition) is 1. The first-order valence-corrected chi connectivity index (χ1v) is 9.77. The van der Waals surface area contributed by atoms with Crippen molar-refractivity contribution in [3.8, 4) is 17.0 Å². The maximum Gasteiger partial charge on any atom is 0.273 e. The summed E-state index contributed by atoms with van der Waals surface area (Å²) in [6, 6.07) is 13.3. The summed E-state index contributed by atoms with van der Waals surface area (Å²) < 4.78 is 10.7. The first kappa shape index (κ1) is 19.1. The maximum atomic E-state index is 13.1. The molecule has 0 spiro atoms. The van der Waals surface area contributed by atoms with Crippen molar-refractivity contribution in [2.45, 2.75) is 19.4 Å². The third-order valence-corrected chi connectivity index (χ3v) is 5.02. The molecule has 150 valence electrons. The zero-order valence-corrected chi connectivity index (χ0v) is 16.6. The fourth-order valence-corrected chi connectivity index (χ4v) is 3.75. The van der Waals surface area contributed by atoms with Crippen LogP contribution in [0.5, 0.6) is 5.75 Å². The Morgan fingerprint density at radius 2 is 2.00 bits per heavy atom. The fourth-order valence-electron chi connectivity index (χ4n) is 3.75. The minimum absolute atomic E-state index is 0.0588. The standard InChI is InChI=1S/C22H24N4O3/c1-3-29-16-10-8-15(9-11-16)19-18-20(25-24-19)22(27)26(13-6-14-28-2)21(18)17-7-4-5-12-23-17/h4-5,7-12,21H,3,6,13-14H2,1-2H3,(H,24,25). The molecule has 1 unspecified atom stereocenters. The summed E-state index contributed by atoms with van der Waals surface area (Å²) in [5.74, 6) is 0.749. The average Bonchev–Trinajstić information content (AvgIpc) is 3.29. The van der Waals surface area contributed by atoms with Crippen LogP contribution in [-0.4, -0.2) is 52.9 Å². The molecule has 3 aromatic rings. The number of fused-ring (bicyclic) bond motifs is 1. The number of amides is 1. The second-order valence-corrected chi connectivity index (χ2v) is 6.82. The largest absolute Gasteiger partial charge is 0.494 e. The number of benzene rings is 1. The number of pyridine rings is 1. The van der Waals surface area contributed by atoms with Crippen molar-refractivity contribution in [3.63, 3.8) is 0 Å². The third-order valence-electron chi connectivity index (χ3n) is 5.02. The van der Waals surface area contributed by atoms with Crippen molar-refractivity contribution in [2.75, 3.05) is 26.9 Å². The molecule has 1 aliphatic heterocycles. The number of rotatable bonds is 8. The highest BCUT2D eigenvalue weighted by atomic mass is 16.5. The molecule has 2 aromatic heterocycles. The predicted octanol–water partition coefficient (Wildman–Crippen LogP) is 3.45. The highest BCUT2D eigenvalue weighted by molar-refractivity contribution is 6.00. The number of nitrogens with zero attached hydrogens (tertiary/aromatic N) is 3. The molecule has 0 fully saturated rings. The quantitative estimate of drug-likeness (QED) is 0.594. The van der Waals surface area contributed by atoms with Gasteiger partial charge in [-0.3, -0.25) is 14.9 Å². The van der Waals surface area contributed by atoms with Gasteiger partial charge in [0.2, 0.25) is 0 Å².